The van der Waals surface area contributed by atoms with Crippen LogP contribution in [0.25, 0.3) is 0 Å². The van der Waals surface area contributed by atoms with Gasteiger partial charge in [-0.3, -0.25) is 4.99 Å². The summed E-state index contributed by atoms with van der Waals surface area (Å²) in [5, 5.41) is 3.43. The zero-order valence-electron chi connectivity index (χ0n) is 14.5. The number of nitrogens with one attached hydrogen (secondary N) is 1. The van der Waals surface area contributed by atoms with Crippen molar-refractivity contribution in [1.29, 1.82) is 0 Å². The normalized spacial score (nSPS) is 20.5. The molecule has 2 heterocycles. The number of rotatable bonds is 4. The topological polar surface area (TPSA) is 57.2 Å². The Balaban J connectivity index is 0.00000264. The van der Waals surface area contributed by atoms with E-state index in [1.54, 1.807) is 4.90 Å². The molecule has 2 aliphatic rings. The zero-order valence-corrected chi connectivity index (χ0v) is 17.6. The van der Waals surface area contributed by atoms with E-state index >= 15 is 0 Å². The highest BCUT2D eigenvalue weighted by Gasteiger charge is 2.36. The van der Waals surface area contributed by atoms with E-state index in [1.165, 1.54) is 0 Å². The molecule has 8 heteroatoms. The molecule has 0 saturated carbocycles. The van der Waals surface area contributed by atoms with Crippen molar-refractivity contribution in [2.24, 2.45) is 4.99 Å². The quantitative estimate of drug-likeness (QED) is 0.520. The lowest BCUT2D eigenvalue weighted by Crippen LogP contribution is -2.57. The second kappa shape index (κ2) is 9.19. The minimum absolute atomic E-state index is 0. The zero-order chi connectivity index (χ0) is 16.2. The molecule has 0 aromatic rings. The first-order chi connectivity index (χ1) is 10.4. The molecule has 0 radical (unpaired) electrons. The molecule has 0 aliphatic carbocycles. The van der Waals surface area contributed by atoms with Gasteiger partial charge in [0.05, 0.1) is 12.6 Å². The summed E-state index contributed by atoms with van der Waals surface area (Å²) >= 11 is 1.86. The van der Waals surface area contributed by atoms with Gasteiger partial charge in [-0.1, -0.05) is 0 Å². The monoisotopic (exact) mass is 456 g/mol. The number of aliphatic imine (C=N–C) groups is 1. The summed E-state index contributed by atoms with van der Waals surface area (Å²) in [6, 6.07) is 0.282. The fourth-order valence-electron chi connectivity index (χ4n) is 2.64. The van der Waals surface area contributed by atoms with E-state index in [0.29, 0.717) is 13.1 Å². The number of carbonyl (C=O) groups excluding carboxylic acids is 1. The van der Waals surface area contributed by atoms with Gasteiger partial charge in [0.25, 0.3) is 0 Å². The molecule has 6 nitrogen and oxygen atoms in total. The molecule has 23 heavy (non-hydrogen) atoms. The Kier molecular flexibility index (Phi) is 8.26. The van der Waals surface area contributed by atoms with Crippen molar-refractivity contribution in [2.75, 3.05) is 44.7 Å². The Hall–Kier alpha value is -0.380. The Morgan fingerprint density at radius 2 is 2.17 bits per heavy atom. The van der Waals surface area contributed by atoms with E-state index in [4.69, 9.17) is 4.74 Å². The van der Waals surface area contributed by atoms with E-state index in [-0.39, 0.29) is 36.1 Å². The molecule has 0 spiro atoms. The molecule has 0 bridgehead atoms. The number of guanidine groups is 1. The van der Waals surface area contributed by atoms with Gasteiger partial charge in [0.2, 0.25) is 0 Å². The largest absolute Gasteiger partial charge is 0.444 e. The third kappa shape index (κ3) is 6.21. The molecule has 1 saturated heterocycles. The maximum atomic E-state index is 12.2. The van der Waals surface area contributed by atoms with Gasteiger partial charge in [0.1, 0.15) is 5.60 Å². The maximum absolute atomic E-state index is 12.2. The van der Waals surface area contributed by atoms with Crippen molar-refractivity contribution in [3.05, 3.63) is 0 Å². The summed E-state index contributed by atoms with van der Waals surface area (Å²) in [6.07, 6.45) is 3.05. The Morgan fingerprint density at radius 1 is 1.43 bits per heavy atom. The van der Waals surface area contributed by atoms with Crippen LogP contribution in [0.5, 0.6) is 0 Å². The predicted octanol–water partition coefficient (Wildman–Crippen LogP) is 2.24. The van der Waals surface area contributed by atoms with Gasteiger partial charge >= 0.3 is 6.09 Å². The first-order valence-corrected chi connectivity index (χ1v) is 9.32. The third-order valence-corrected chi connectivity index (χ3v) is 4.36. The Labute approximate surface area is 160 Å². The van der Waals surface area contributed by atoms with E-state index in [9.17, 15) is 4.79 Å². The van der Waals surface area contributed by atoms with Gasteiger partial charge in [-0.25, -0.2) is 4.79 Å². The number of carbonyl (C=O) groups is 1. The van der Waals surface area contributed by atoms with Crippen molar-refractivity contribution < 1.29 is 9.53 Å². The number of fused-ring (bicyclic) bond motifs is 1. The first-order valence-electron chi connectivity index (χ1n) is 7.92. The number of nitrogens with zero attached hydrogens (tertiary/aromatic N) is 3. The van der Waals surface area contributed by atoms with Gasteiger partial charge in [-0.2, -0.15) is 11.8 Å². The average molecular weight is 456 g/mol. The fourth-order valence-corrected chi connectivity index (χ4v) is 3.07. The van der Waals surface area contributed by atoms with E-state index in [0.717, 1.165) is 37.8 Å². The van der Waals surface area contributed by atoms with Crippen LogP contribution in [0.1, 0.15) is 27.2 Å². The molecular formula is C15H29IN4O2S. The lowest BCUT2D eigenvalue weighted by atomic mass is 10.2. The van der Waals surface area contributed by atoms with Crippen LogP contribution >= 0.6 is 35.7 Å². The van der Waals surface area contributed by atoms with Gasteiger partial charge in [0.15, 0.2) is 5.96 Å². The summed E-state index contributed by atoms with van der Waals surface area (Å²) < 4.78 is 5.46. The number of piperazine rings is 1. The molecule has 1 N–H and O–H groups in total. The van der Waals surface area contributed by atoms with Gasteiger partial charge in [-0.05, 0) is 39.2 Å². The summed E-state index contributed by atoms with van der Waals surface area (Å²) in [7, 11) is 0. The smallest absolute Gasteiger partial charge is 0.410 e. The number of thioether (sulfide) groups is 1. The standard InChI is InChI=1S/C15H28N4O2S.HI/c1-15(2,3)21-14(20)18-7-8-19-12(11-18)10-17-13(19)16-6-5-9-22-4;/h12H,5-11H2,1-4H3,(H,16,17);1H. The summed E-state index contributed by atoms with van der Waals surface area (Å²) in [4.78, 5) is 20.8. The van der Waals surface area contributed by atoms with Gasteiger partial charge < -0.3 is 19.9 Å². The Morgan fingerprint density at radius 3 is 2.83 bits per heavy atom. The summed E-state index contributed by atoms with van der Waals surface area (Å²) in [5.41, 5.74) is -0.440. The van der Waals surface area contributed by atoms with E-state index in [2.05, 4.69) is 21.5 Å². The highest BCUT2D eigenvalue weighted by molar-refractivity contribution is 14.0. The molecular weight excluding hydrogens is 427 g/mol. The highest BCUT2D eigenvalue weighted by atomic mass is 127. The summed E-state index contributed by atoms with van der Waals surface area (Å²) in [5.74, 6) is 2.16. The van der Waals surface area contributed by atoms with Crippen LogP contribution in [-0.4, -0.2) is 78.2 Å². The van der Waals surface area contributed by atoms with E-state index < -0.39 is 5.60 Å². The van der Waals surface area contributed by atoms with Crippen molar-refractivity contribution in [2.45, 2.75) is 38.8 Å². The van der Waals surface area contributed by atoms with Crippen molar-refractivity contribution in [3.8, 4) is 0 Å². The van der Waals surface area contributed by atoms with Crippen LogP contribution in [0.4, 0.5) is 4.79 Å². The second-order valence-corrected chi connectivity index (χ2v) is 7.70. The Bertz CT molecular complexity index is 428. The van der Waals surface area contributed by atoms with Gasteiger partial charge in [0, 0.05) is 26.2 Å². The maximum Gasteiger partial charge on any atom is 0.410 e. The van der Waals surface area contributed by atoms with Crippen molar-refractivity contribution in [1.82, 2.24) is 15.1 Å². The van der Waals surface area contributed by atoms with Crippen LogP contribution in [0.3, 0.4) is 0 Å². The van der Waals surface area contributed by atoms with Crippen LogP contribution in [-0.2, 0) is 4.74 Å². The second-order valence-electron chi connectivity index (χ2n) is 6.71. The molecule has 1 amide bonds. The lowest BCUT2D eigenvalue weighted by Gasteiger charge is -2.39. The fraction of sp³-hybridized carbons (Fsp3) is 0.867. The number of amides is 1. The molecule has 0 aromatic heterocycles. The molecule has 1 fully saturated rings. The molecule has 0 aromatic carbocycles. The van der Waals surface area contributed by atoms with Crippen LogP contribution in [0, 0.1) is 0 Å². The third-order valence-electron chi connectivity index (χ3n) is 3.67. The summed E-state index contributed by atoms with van der Waals surface area (Å²) in [6.45, 7) is 9.61. The van der Waals surface area contributed by atoms with Crippen LogP contribution in [0.15, 0.2) is 4.99 Å². The average Bonchev–Trinajstić information content (AvgIpc) is 2.84. The number of halogens is 1. The number of hydrogen-bond acceptors (Lipinski definition) is 6. The van der Waals surface area contributed by atoms with Gasteiger partial charge in [-0.15, -0.1) is 24.0 Å². The molecule has 1 atom stereocenters. The minimum atomic E-state index is -0.440. The SMILES string of the molecule is CSCCCNC1=NCC2CN(C(=O)OC(C)(C)C)CCN12.I. The highest BCUT2D eigenvalue weighted by Crippen LogP contribution is 2.18. The van der Waals surface area contributed by atoms with Crippen LogP contribution < -0.4 is 5.32 Å². The molecule has 134 valence electrons. The van der Waals surface area contributed by atoms with Crippen molar-refractivity contribution in [3.63, 3.8) is 0 Å². The predicted molar refractivity (Wildman–Crippen MR) is 107 cm³/mol. The van der Waals surface area contributed by atoms with Crippen molar-refractivity contribution >= 4 is 47.8 Å². The number of ether oxygens (including phenoxy) is 1. The van der Waals surface area contributed by atoms with Crippen LogP contribution in [0.2, 0.25) is 0 Å². The number of hydrogen-bond donors (Lipinski definition) is 1. The minimum Gasteiger partial charge on any atom is -0.444 e. The molecule has 1 unspecified atom stereocenters. The first kappa shape index (κ1) is 20.7. The lowest BCUT2D eigenvalue weighted by molar-refractivity contribution is 0.0137. The molecule has 2 aliphatic heterocycles. The van der Waals surface area contributed by atoms with E-state index in [1.807, 2.05) is 32.5 Å². The molecule has 2 rings (SSSR count).